The summed E-state index contributed by atoms with van der Waals surface area (Å²) in [5.74, 6) is -0.870. The molecular formula is C22H13Cl3N2O5S2. The fourth-order valence-corrected chi connectivity index (χ4v) is 6.43. The van der Waals surface area contributed by atoms with E-state index in [2.05, 4.69) is 5.32 Å². The Morgan fingerprint density at radius 3 is 2.38 bits per heavy atom. The van der Waals surface area contributed by atoms with Crippen molar-refractivity contribution in [1.29, 1.82) is 0 Å². The number of fused-ring (bicyclic) bond motifs is 1. The maximum Gasteiger partial charge on any atom is 0.288 e. The number of hydrogen-bond donors (Lipinski definition) is 1. The summed E-state index contributed by atoms with van der Waals surface area (Å²) in [6, 6.07) is 13.4. The van der Waals surface area contributed by atoms with Crippen molar-refractivity contribution >= 4 is 79.8 Å². The van der Waals surface area contributed by atoms with Crippen LogP contribution in [0.25, 0.3) is 6.08 Å². The van der Waals surface area contributed by atoms with Crippen LogP contribution in [0.3, 0.4) is 0 Å². The number of anilines is 1. The van der Waals surface area contributed by atoms with E-state index < -0.39 is 26.4 Å². The zero-order chi connectivity index (χ0) is 24.6. The summed E-state index contributed by atoms with van der Waals surface area (Å²) in [6.45, 7) is 0. The van der Waals surface area contributed by atoms with Crippen LogP contribution >= 0.6 is 46.6 Å². The molecule has 0 atom stereocenters. The van der Waals surface area contributed by atoms with Gasteiger partial charge in [0.25, 0.3) is 11.6 Å². The minimum Gasteiger partial charge on any atom is -0.320 e. The van der Waals surface area contributed by atoms with E-state index >= 15 is 0 Å². The lowest BCUT2D eigenvalue weighted by molar-refractivity contribution is -0.384. The van der Waals surface area contributed by atoms with Crippen LogP contribution in [0.1, 0.15) is 11.1 Å². The van der Waals surface area contributed by atoms with E-state index in [-0.39, 0.29) is 30.6 Å². The van der Waals surface area contributed by atoms with Gasteiger partial charge >= 0.3 is 0 Å². The standard InChI is InChI=1S/C22H13Cl3N2O5S2/c23-15-2-1-3-16(24)14(15)11-34(31,32)13-5-7-20-18(10-13)26-22(28)21(33-20)9-12-4-6-17(25)19(8-12)27(29)30/h1-10H,11H2,(H,26,28)/b21-9-. The summed E-state index contributed by atoms with van der Waals surface area (Å²) in [7, 11) is -3.81. The normalized spacial score (nSPS) is 14.6. The summed E-state index contributed by atoms with van der Waals surface area (Å²) in [4.78, 5) is 24.0. The third-order valence-corrected chi connectivity index (χ3v) is 8.63. The quantitative estimate of drug-likeness (QED) is 0.216. The molecule has 0 bridgehead atoms. The van der Waals surface area contributed by atoms with E-state index in [1.165, 1.54) is 30.3 Å². The highest BCUT2D eigenvalue weighted by atomic mass is 35.5. The zero-order valence-corrected chi connectivity index (χ0v) is 20.8. The number of carbonyl (C=O) groups is 1. The molecule has 0 aliphatic carbocycles. The molecule has 1 heterocycles. The molecule has 0 aromatic heterocycles. The van der Waals surface area contributed by atoms with Crippen molar-refractivity contribution in [3.8, 4) is 0 Å². The van der Waals surface area contributed by atoms with Gasteiger partial charge in [0.1, 0.15) is 5.02 Å². The Bertz CT molecular complexity index is 1470. The summed E-state index contributed by atoms with van der Waals surface area (Å²) in [5.41, 5.74) is 0.781. The second-order valence-electron chi connectivity index (χ2n) is 7.15. The second-order valence-corrected chi connectivity index (χ2v) is 11.4. The number of carbonyl (C=O) groups excluding carboxylic acids is 1. The van der Waals surface area contributed by atoms with Crippen LogP contribution in [0.15, 0.2) is 69.3 Å². The predicted molar refractivity (Wildman–Crippen MR) is 134 cm³/mol. The van der Waals surface area contributed by atoms with Crippen molar-refractivity contribution in [2.45, 2.75) is 15.5 Å². The predicted octanol–water partition coefficient (Wildman–Crippen LogP) is 6.61. The molecule has 1 amide bonds. The molecule has 0 spiro atoms. The SMILES string of the molecule is O=C1Nc2cc(S(=O)(=O)Cc3c(Cl)cccc3Cl)ccc2S/C1=C\c1ccc(Cl)c([N+](=O)[O-])c1. The Morgan fingerprint density at radius 1 is 1.00 bits per heavy atom. The average molecular weight is 556 g/mol. The fourth-order valence-electron chi connectivity index (χ4n) is 3.19. The Labute approximate surface area is 213 Å². The topological polar surface area (TPSA) is 106 Å². The van der Waals surface area contributed by atoms with Gasteiger partial charge in [-0.2, -0.15) is 0 Å². The zero-order valence-electron chi connectivity index (χ0n) is 16.9. The summed E-state index contributed by atoms with van der Waals surface area (Å²) in [6.07, 6.45) is 1.50. The van der Waals surface area contributed by atoms with Crippen LogP contribution in [0.5, 0.6) is 0 Å². The van der Waals surface area contributed by atoms with Gasteiger partial charge in [0.05, 0.1) is 26.2 Å². The van der Waals surface area contributed by atoms with Crippen LogP contribution in [-0.4, -0.2) is 19.2 Å². The van der Waals surface area contributed by atoms with E-state index in [9.17, 15) is 23.3 Å². The number of nitrogens with zero attached hydrogens (tertiary/aromatic N) is 1. The molecule has 34 heavy (non-hydrogen) atoms. The number of halogens is 3. The summed E-state index contributed by atoms with van der Waals surface area (Å²) >= 11 is 19.2. The number of nitro benzene ring substituents is 1. The minimum atomic E-state index is -3.81. The highest BCUT2D eigenvalue weighted by Crippen LogP contribution is 2.41. The van der Waals surface area contributed by atoms with Crippen molar-refractivity contribution in [3.05, 3.63) is 95.8 Å². The maximum absolute atomic E-state index is 13.0. The molecule has 3 aromatic carbocycles. The smallest absolute Gasteiger partial charge is 0.288 e. The molecule has 0 saturated carbocycles. The first-order valence-corrected chi connectivity index (χ1v) is 13.1. The molecule has 1 aliphatic rings. The molecular weight excluding hydrogens is 543 g/mol. The van der Waals surface area contributed by atoms with Gasteiger partial charge in [0, 0.05) is 26.6 Å². The largest absolute Gasteiger partial charge is 0.320 e. The minimum absolute atomic E-state index is 0.00360. The third kappa shape index (κ3) is 5.08. The Hall–Kier alpha value is -2.56. The van der Waals surface area contributed by atoms with E-state index in [0.717, 1.165) is 11.8 Å². The number of nitro groups is 1. The van der Waals surface area contributed by atoms with Crippen molar-refractivity contribution in [3.63, 3.8) is 0 Å². The molecule has 0 unspecified atom stereocenters. The molecule has 0 radical (unpaired) electrons. The second kappa shape index (κ2) is 9.59. The maximum atomic E-state index is 13.0. The van der Waals surface area contributed by atoms with Crippen LogP contribution in [0.2, 0.25) is 15.1 Å². The number of rotatable bonds is 5. The summed E-state index contributed by atoms with van der Waals surface area (Å²) < 4.78 is 26.0. The number of benzene rings is 3. The van der Waals surface area contributed by atoms with Crippen LogP contribution in [0, 0.1) is 10.1 Å². The van der Waals surface area contributed by atoms with Gasteiger partial charge in [0.2, 0.25) is 0 Å². The van der Waals surface area contributed by atoms with Crippen molar-refractivity contribution in [2.75, 3.05) is 5.32 Å². The molecule has 4 rings (SSSR count). The first kappa shape index (κ1) is 24.6. The number of thioether (sulfide) groups is 1. The Balaban J connectivity index is 1.62. The van der Waals surface area contributed by atoms with Crippen molar-refractivity contribution in [2.24, 2.45) is 0 Å². The first-order chi connectivity index (χ1) is 16.0. The van der Waals surface area contributed by atoms with Gasteiger partial charge in [-0.25, -0.2) is 8.42 Å². The van der Waals surface area contributed by atoms with Crippen LogP contribution < -0.4 is 5.32 Å². The number of nitrogens with one attached hydrogen (secondary N) is 1. The Kier molecular flexibility index (Phi) is 6.93. The first-order valence-electron chi connectivity index (χ1n) is 9.50. The third-order valence-electron chi connectivity index (χ3n) is 4.86. The lowest BCUT2D eigenvalue weighted by Crippen LogP contribution is -2.18. The van der Waals surface area contributed by atoms with Crippen molar-refractivity contribution in [1.82, 2.24) is 0 Å². The number of amides is 1. The molecule has 1 N–H and O–H groups in total. The highest BCUT2D eigenvalue weighted by Gasteiger charge is 2.25. The van der Waals surface area contributed by atoms with E-state index in [4.69, 9.17) is 34.8 Å². The van der Waals surface area contributed by atoms with E-state index in [1.807, 2.05) is 0 Å². The van der Waals surface area contributed by atoms with Gasteiger partial charge in [-0.3, -0.25) is 14.9 Å². The van der Waals surface area contributed by atoms with Gasteiger partial charge in [-0.05, 0) is 48.0 Å². The monoisotopic (exact) mass is 554 g/mol. The van der Waals surface area contributed by atoms with Crippen LogP contribution in [-0.2, 0) is 20.4 Å². The van der Waals surface area contributed by atoms with Gasteiger partial charge in [-0.15, -0.1) is 0 Å². The van der Waals surface area contributed by atoms with Crippen molar-refractivity contribution < 1.29 is 18.1 Å². The van der Waals surface area contributed by atoms with Gasteiger partial charge in [-0.1, -0.05) is 58.7 Å². The number of hydrogen-bond acceptors (Lipinski definition) is 6. The summed E-state index contributed by atoms with van der Waals surface area (Å²) in [5, 5.41) is 14.3. The fraction of sp³-hybridized carbons (Fsp3) is 0.0455. The molecule has 1 aliphatic heterocycles. The molecule has 3 aromatic rings. The average Bonchev–Trinajstić information content (AvgIpc) is 2.77. The van der Waals surface area contributed by atoms with E-state index in [1.54, 1.807) is 30.3 Å². The van der Waals surface area contributed by atoms with Gasteiger partial charge in [0.15, 0.2) is 9.84 Å². The molecule has 7 nitrogen and oxygen atoms in total. The lowest BCUT2D eigenvalue weighted by Gasteiger charge is -2.19. The molecule has 12 heteroatoms. The molecule has 0 fully saturated rings. The van der Waals surface area contributed by atoms with Crippen LogP contribution in [0.4, 0.5) is 11.4 Å². The van der Waals surface area contributed by atoms with Gasteiger partial charge < -0.3 is 5.32 Å². The Morgan fingerprint density at radius 2 is 1.71 bits per heavy atom. The van der Waals surface area contributed by atoms with E-state index in [0.29, 0.717) is 21.7 Å². The molecule has 0 saturated heterocycles. The lowest BCUT2D eigenvalue weighted by atomic mass is 10.2. The molecule has 174 valence electrons. The number of sulfone groups is 1. The highest BCUT2D eigenvalue weighted by molar-refractivity contribution is 8.04.